The predicted molar refractivity (Wildman–Crippen MR) is 106 cm³/mol. The minimum atomic E-state index is -1.03. The van der Waals surface area contributed by atoms with Crippen molar-refractivity contribution >= 4 is 17.6 Å². The van der Waals surface area contributed by atoms with E-state index in [4.69, 9.17) is 10.8 Å². The van der Waals surface area contributed by atoms with Crippen LogP contribution in [-0.2, 0) is 6.42 Å². The van der Waals surface area contributed by atoms with Gasteiger partial charge in [-0.05, 0) is 68.2 Å². The average Bonchev–Trinajstić information content (AvgIpc) is 2.59. The summed E-state index contributed by atoms with van der Waals surface area (Å²) in [6.07, 6.45) is 4.00. The Hall–Kier alpha value is -3.16. The fourth-order valence-electron chi connectivity index (χ4n) is 4.15. The number of aromatic nitrogens is 1. The molecule has 3 rings (SSSR count). The van der Waals surface area contributed by atoms with Crippen molar-refractivity contribution in [1.29, 1.82) is 0 Å². The molecule has 1 unspecified atom stereocenters. The number of pyridine rings is 1. The highest BCUT2D eigenvalue weighted by Crippen LogP contribution is 2.40. The number of nitro groups is 1. The van der Waals surface area contributed by atoms with Gasteiger partial charge in [0.05, 0.1) is 10.5 Å². The molecule has 1 aliphatic carbocycles. The Morgan fingerprint density at radius 1 is 1.43 bits per heavy atom. The summed E-state index contributed by atoms with van der Waals surface area (Å²) in [4.78, 5) is 25.8. The van der Waals surface area contributed by atoms with E-state index in [2.05, 4.69) is 10.3 Å². The first kappa shape index (κ1) is 19.6. The lowest BCUT2D eigenvalue weighted by Crippen LogP contribution is -2.44. The lowest BCUT2D eigenvalue weighted by molar-refractivity contribution is -0.383. The number of nitrogens with one attached hydrogen (secondary N) is 1. The first-order valence-electron chi connectivity index (χ1n) is 9.21. The number of carbonyl (C=O) groups is 1. The molecule has 8 nitrogen and oxygen atoms in total. The maximum atomic E-state index is 11.4. The van der Waals surface area contributed by atoms with Crippen LogP contribution in [0.15, 0.2) is 30.5 Å². The summed E-state index contributed by atoms with van der Waals surface area (Å²) >= 11 is 0. The number of aryl methyl sites for hydroxylation is 1. The quantitative estimate of drug-likeness (QED) is 0.525. The summed E-state index contributed by atoms with van der Waals surface area (Å²) < 4.78 is 0. The Morgan fingerprint density at radius 2 is 2.18 bits per heavy atom. The summed E-state index contributed by atoms with van der Waals surface area (Å²) in [5, 5.41) is 23.1. The van der Waals surface area contributed by atoms with Gasteiger partial charge in [-0.3, -0.25) is 10.1 Å². The number of fused-ring (bicyclic) bond motifs is 1. The standard InChI is InChI=1S/C20H24N4O4/c1-20(2,23-19(25)26)11-14-5-3-4-12-10-13(6-7-15(12)14)16-8-9-22-18(21)17(16)24(27)28/h6-10,14,23H,3-5,11H2,1-2H3,(H2,21,22)(H,25,26). The summed E-state index contributed by atoms with van der Waals surface area (Å²) in [6.45, 7) is 3.76. The van der Waals surface area contributed by atoms with Gasteiger partial charge < -0.3 is 16.2 Å². The van der Waals surface area contributed by atoms with E-state index in [1.807, 2.05) is 32.0 Å². The average molecular weight is 384 g/mol. The maximum Gasteiger partial charge on any atom is 0.405 e. The maximum absolute atomic E-state index is 11.4. The van der Waals surface area contributed by atoms with Gasteiger partial charge in [-0.15, -0.1) is 0 Å². The first-order chi connectivity index (χ1) is 13.2. The van der Waals surface area contributed by atoms with Crippen LogP contribution in [0.4, 0.5) is 16.3 Å². The Morgan fingerprint density at radius 3 is 2.86 bits per heavy atom. The Kier molecular flexibility index (Phi) is 5.22. The molecule has 0 bridgehead atoms. The molecule has 0 spiro atoms. The molecule has 1 aromatic carbocycles. The second kappa shape index (κ2) is 7.46. The van der Waals surface area contributed by atoms with E-state index in [9.17, 15) is 14.9 Å². The number of rotatable bonds is 5. The van der Waals surface area contributed by atoms with E-state index in [1.165, 1.54) is 11.8 Å². The van der Waals surface area contributed by atoms with Crippen molar-refractivity contribution in [2.45, 2.75) is 51.0 Å². The third-order valence-corrected chi connectivity index (χ3v) is 5.23. The van der Waals surface area contributed by atoms with Crippen LogP contribution < -0.4 is 11.1 Å². The molecule has 1 amide bonds. The van der Waals surface area contributed by atoms with Gasteiger partial charge in [0.2, 0.25) is 5.82 Å². The number of nitrogens with zero attached hydrogens (tertiary/aromatic N) is 2. The van der Waals surface area contributed by atoms with Gasteiger partial charge in [0, 0.05) is 11.7 Å². The van der Waals surface area contributed by atoms with Crippen molar-refractivity contribution in [3.8, 4) is 11.1 Å². The molecule has 1 atom stereocenters. The molecule has 0 saturated heterocycles. The van der Waals surface area contributed by atoms with Gasteiger partial charge in [-0.25, -0.2) is 9.78 Å². The van der Waals surface area contributed by atoms with E-state index in [1.54, 1.807) is 6.07 Å². The normalized spacial score (nSPS) is 16.3. The molecule has 0 saturated carbocycles. The largest absolute Gasteiger partial charge is 0.465 e. The molecule has 8 heteroatoms. The second-order valence-corrected chi connectivity index (χ2v) is 7.87. The number of nitrogens with two attached hydrogens (primary N) is 1. The summed E-state index contributed by atoms with van der Waals surface area (Å²) in [5.41, 5.74) is 8.52. The van der Waals surface area contributed by atoms with E-state index in [-0.39, 0.29) is 17.4 Å². The highest BCUT2D eigenvalue weighted by Gasteiger charge is 2.29. The fourth-order valence-corrected chi connectivity index (χ4v) is 4.15. The smallest absolute Gasteiger partial charge is 0.405 e. The second-order valence-electron chi connectivity index (χ2n) is 7.87. The van der Waals surface area contributed by atoms with Crippen molar-refractivity contribution < 1.29 is 14.8 Å². The summed E-state index contributed by atoms with van der Waals surface area (Å²) in [7, 11) is 0. The highest BCUT2D eigenvalue weighted by molar-refractivity contribution is 5.79. The lowest BCUT2D eigenvalue weighted by Gasteiger charge is -2.33. The topological polar surface area (TPSA) is 131 Å². The molecule has 1 aliphatic rings. The third kappa shape index (κ3) is 4.05. The molecule has 0 radical (unpaired) electrons. The van der Waals surface area contributed by atoms with Crippen molar-refractivity contribution in [2.75, 3.05) is 5.73 Å². The molecular formula is C20H24N4O4. The molecule has 2 aromatic rings. The van der Waals surface area contributed by atoms with Crippen LogP contribution in [0.5, 0.6) is 0 Å². The SMILES string of the molecule is CC(C)(CC1CCCc2cc(-c3ccnc(N)c3[N+](=O)[O-])ccc21)NC(=O)O. The first-order valence-corrected chi connectivity index (χ1v) is 9.21. The minimum absolute atomic E-state index is 0.0976. The van der Waals surface area contributed by atoms with Gasteiger partial charge in [-0.1, -0.05) is 18.2 Å². The molecule has 0 fully saturated rings. The zero-order chi connectivity index (χ0) is 20.5. The van der Waals surface area contributed by atoms with Crippen LogP contribution >= 0.6 is 0 Å². The van der Waals surface area contributed by atoms with Crippen LogP contribution in [0.1, 0.15) is 50.2 Å². The highest BCUT2D eigenvalue weighted by atomic mass is 16.6. The number of benzene rings is 1. The zero-order valence-electron chi connectivity index (χ0n) is 15.9. The molecule has 0 aliphatic heterocycles. The van der Waals surface area contributed by atoms with E-state index < -0.39 is 16.6 Å². The molecule has 28 heavy (non-hydrogen) atoms. The Balaban J connectivity index is 1.95. The van der Waals surface area contributed by atoms with Crippen LogP contribution in [-0.4, -0.2) is 26.6 Å². The zero-order valence-corrected chi connectivity index (χ0v) is 15.9. The number of nitrogen functional groups attached to an aromatic ring is 1. The van der Waals surface area contributed by atoms with Gasteiger partial charge in [0.15, 0.2) is 0 Å². The minimum Gasteiger partial charge on any atom is -0.465 e. The summed E-state index contributed by atoms with van der Waals surface area (Å²) in [6, 6.07) is 7.47. The van der Waals surface area contributed by atoms with Crippen LogP contribution in [0.2, 0.25) is 0 Å². The number of anilines is 1. The lowest BCUT2D eigenvalue weighted by atomic mass is 9.76. The molecule has 1 aromatic heterocycles. The van der Waals surface area contributed by atoms with Crippen LogP contribution in [0.25, 0.3) is 11.1 Å². The van der Waals surface area contributed by atoms with E-state index >= 15 is 0 Å². The van der Waals surface area contributed by atoms with Crippen molar-refractivity contribution in [3.05, 3.63) is 51.7 Å². The number of hydrogen-bond acceptors (Lipinski definition) is 5. The molecule has 148 valence electrons. The number of amides is 1. The number of carboxylic acid groups (broad SMARTS) is 1. The molecular weight excluding hydrogens is 360 g/mol. The summed E-state index contributed by atoms with van der Waals surface area (Å²) in [5.74, 6) is 0.136. The van der Waals surface area contributed by atoms with Crippen LogP contribution in [0.3, 0.4) is 0 Å². The van der Waals surface area contributed by atoms with Crippen LogP contribution in [0, 0.1) is 10.1 Å². The van der Waals surface area contributed by atoms with E-state index in [0.717, 1.165) is 30.4 Å². The van der Waals surface area contributed by atoms with Gasteiger partial charge >= 0.3 is 11.8 Å². The van der Waals surface area contributed by atoms with Crippen molar-refractivity contribution in [1.82, 2.24) is 10.3 Å². The predicted octanol–water partition coefficient (Wildman–Crippen LogP) is 4.10. The Labute approximate surface area is 162 Å². The third-order valence-electron chi connectivity index (χ3n) is 5.23. The fraction of sp³-hybridized carbons (Fsp3) is 0.400. The van der Waals surface area contributed by atoms with Crippen molar-refractivity contribution in [3.63, 3.8) is 0 Å². The molecule has 1 heterocycles. The molecule has 4 N–H and O–H groups in total. The Bertz CT molecular complexity index is 926. The monoisotopic (exact) mass is 384 g/mol. The van der Waals surface area contributed by atoms with Gasteiger partial charge in [0.25, 0.3) is 0 Å². The van der Waals surface area contributed by atoms with Gasteiger partial charge in [0.1, 0.15) is 0 Å². The van der Waals surface area contributed by atoms with Crippen molar-refractivity contribution in [2.24, 2.45) is 0 Å². The number of hydrogen-bond donors (Lipinski definition) is 3. The van der Waals surface area contributed by atoms with E-state index in [0.29, 0.717) is 12.0 Å². The van der Waals surface area contributed by atoms with Gasteiger partial charge in [-0.2, -0.15) is 0 Å².